The van der Waals surface area contributed by atoms with Crippen molar-refractivity contribution in [2.45, 2.75) is 51.1 Å². The van der Waals surface area contributed by atoms with E-state index in [0.717, 1.165) is 24.8 Å². The highest BCUT2D eigenvalue weighted by molar-refractivity contribution is 5.84. The average Bonchev–Trinajstić information content (AvgIpc) is 3.46. The molecule has 3 aromatic rings. The second-order valence-corrected chi connectivity index (χ2v) is 9.13. The van der Waals surface area contributed by atoms with Gasteiger partial charge in [0.25, 0.3) is 0 Å². The van der Waals surface area contributed by atoms with Crippen LogP contribution < -0.4 is 16.0 Å². The van der Waals surface area contributed by atoms with Crippen LogP contribution in [-0.2, 0) is 11.3 Å². The van der Waals surface area contributed by atoms with E-state index in [2.05, 4.69) is 37.3 Å². The maximum absolute atomic E-state index is 13.4. The van der Waals surface area contributed by atoms with Crippen LogP contribution in [0, 0.1) is 12.5 Å². The molecular weight excluding hydrogens is 450 g/mol. The van der Waals surface area contributed by atoms with E-state index in [0.29, 0.717) is 42.3 Å². The fourth-order valence-electron chi connectivity index (χ4n) is 4.54. The summed E-state index contributed by atoms with van der Waals surface area (Å²) in [6, 6.07) is 12.6. The van der Waals surface area contributed by atoms with Crippen molar-refractivity contribution < 1.29 is 4.79 Å². The molecule has 0 spiro atoms. The Morgan fingerprint density at radius 1 is 1.17 bits per heavy atom. The van der Waals surface area contributed by atoms with Crippen molar-refractivity contribution in [1.82, 2.24) is 19.9 Å². The zero-order chi connectivity index (χ0) is 25.2. The van der Waals surface area contributed by atoms with Gasteiger partial charge in [-0.05, 0) is 30.0 Å². The molecule has 2 aromatic heterocycles. The number of nitrogens with zero attached hydrogens (tertiary/aromatic N) is 4. The summed E-state index contributed by atoms with van der Waals surface area (Å²) < 4.78 is 1.91. The summed E-state index contributed by atoms with van der Waals surface area (Å²) in [5.74, 6) is 2.22. The van der Waals surface area contributed by atoms with Gasteiger partial charge < -0.3 is 20.5 Å². The second kappa shape index (κ2) is 12.5. The normalized spacial score (nSPS) is 14.4. The van der Waals surface area contributed by atoms with Gasteiger partial charge in [0.1, 0.15) is 17.7 Å². The number of hydrogen-bond acceptors (Lipinski definition) is 5. The first-order chi connectivity index (χ1) is 17.6. The van der Waals surface area contributed by atoms with E-state index in [4.69, 9.17) is 6.57 Å². The van der Waals surface area contributed by atoms with E-state index in [1.807, 2.05) is 47.3 Å². The van der Waals surface area contributed by atoms with E-state index in [1.165, 1.54) is 19.3 Å². The van der Waals surface area contributed by atoms with Crippen molar-refractivity contribution in [1.29, 1.82) is 0 Å². The van der Waals surface area contributed by atoms with E-state index >= 15 is 0 Å². The Hall–Kier alpha value is -4.12. The van der Waals surface area contributed by atoms with E-state index in [1.54, 1.807) is 18.2 Å². The maximum atomic E-state index is 13.4. The number of amides is 1. The maximum Gasteiger partial charge on any atom is 0.242 e. The molecule has 1 atom stereocenters. The Morgan fingerprint density at radius 3 is 2.61 bits per heavy atom. The van der Waals surface area contributed by atoms with Crippen molar-refractivity contribution in [2.24, 2.45) is 5.92 Å². The van der Waals surface area contributed by atoms with Gasteiger partial charge >= 0.3 is 0 Å². The smallest absolute Gasteiger partial charge is 0.242 e. The molecule has 1 saturated carbocycles. The van der Waals surface area contributed by atoms with Gasteiger partial charge in [0.2, 0.25) is 11.9 Å². The Kier molecular flexibility index (Phi) is 8.71. The van der Waals surface area contributed by atoms with Gasteiger partial charge in [-0.1, -0.05) is 62.4 Å². The third kappa shape index (κ3) is 6.95. The molecule has 8 nitrogen and oxygen atoms in total. The monoisotopic (exact) mass is 483 g/mol. The predicted molar refractivity (Wildman–Crippen MR) is 143 cm³/mol. The first kappa shape index (κ1) is 25.0. The lowest BCUT2D eigenvalue weighted by Crippen LogP contribution is -2.41. The molecular formula is C28H33N7O. The highest BCUT2D eigenvalue weighted by Gasteiger charge is 2.25. The minimum Gasteiger partial charge on any atom is -0.358 e. The van der Waals surface area contributed by atoms with Gasteiger partial charge in [0.15, 0.2) is 5.69 Å². The second-order valence-electron chi connectivity index (χ2n) is 9.13. The number of nitrogens with one attached hydrogen (secondary N) is 3. The van der Waals surface area contributed by atoms with Crippen molar-refractivity contribution in [3.8, 4) is 5.82 Å². The number of benzene rings is 1. The lowest BCUT2D eigenvalue weighted by molar-refractivity contribution is -0.122. The lowest BCUT2D eigenvalue weighted by Gasteiger charge is -2.27. The number of aromatic nitrogens is 3. The van der Waals surface area contributed by atoms with Crippen molar-refractivity contribution in [3.05, 3.63) is 84.5 Å². The molecule has 8 heteroatoms. The fraction of sp³-hybridized carbons (Fsp3) is 0.357. The average molecular weight is 484 g/mol. The van der Waals surface area contributed by atoms with Crippen molar-refractivity contribution in [3.63, 3.8) is 0 Å². The molecule has 36 heavy (non-hydrogen) atoms. The Labute approximate surface area is 212 Å². The number of carbonyl (C=O) groups is 1. The summed E-state index contributed by atoms with van der Waals surface area (Å²) in [7, 11) is 0. The third-order valence-corrected chi connectivity index (χ3v) is 6.45. The largest absolute Gasteiger partial charge is 0.358 e. The van der Waals surface area contributed by atoms with Crippen LogP contribution in [0.5, 0.6) is 0 Å². The summed E-state index contributed by atoms with van der Waals surface area (Å²) in [4.78, 5) is 26.0. The number of rotatable bonds is 11. The van der Waals surface area contributed by atoms with E-state index < -0.39 is 6.04 Å². The summed E-state index contributed by atoms with van der Waals surface area (Å²) in [5.41, 5.74) is 1.55. The molecule has 1 unspecified atom stereocenters. The van der Waals surface area contributed by atoms with Gasteiger partial charge in [0.05, 0.1) is 6.57 Å². The van der Waals surface area contributed by atoms with Crippen LogP contribution >= 0.6 is 0 Å². The predicted octanol–water partition coefficient (Wildman–Crippen LogP) is 5.48. The first-order valence-corrected chi connectivity index (χ1v) is 12.5. The SMILES string of the molecule is [C-]#[N+]c1ccc(CNC(=O)C(CC2CCCCC2)Nc2cc(-n3cccc3)nc(NCC=C)n2)cc1. The molecule has 1 aliphatic carbocycles. The van der Waals surface area contributed by atoms with Gasteiger partial charge in [-0.2, -0.15) is 9.97 Å². The number of hydrogen-bond donors (Lipinski definition) is 3. The fourth-order valence-corrected chi connectivity index (χ4v) is 4.54. The Bertz CT molecular complexity index is 1180. The van der Waals surface area contributed by atoms with Crippen LogP contribution in [0.4, 0.5) is 17.5 Å². The van der Waals surface area contributed by atoms with Crippen molar-refractivity contribution >= 4 is 23.4 Å². The number of anilines is 2. The third-order valence-electron chi connectivity index (χ3n) is 6.45. The summed E-state index contributed by atoms with van der Waals surface area (Å²) in [5, 5.41) is 9.66. The minimum absolute atomic E-state index is 0.0587. The molecule has 4 rings (SSSR count). The van der Waals surface area contributed by atoms with E-state index in [-0.39, 0.29) is 5.91 Å². The van der Waals surface area contributed by atoms with Gasteiger partial charge in [-0.3, -0.25) is 4.79 Å². The molecule has 186 valence electrons. The molecule has 1 aromatic carbocycles. The van der Waals surface area contributed by atoms with Crippen molar-refractivity contribution in [2.75, 3.05) is 17.2 Å². The molecule has 0 saturated heterocycles. The molecule has 0 aliphatic heterocycles. The molecule has 1 fully saturated rings. The number of carbonyl (C=O) groups excluding carboxylic acids is 1. The van der Waals surface area contributed by atoms with Crippen LogP contribution in [0.15, 0.2) is 67.5 Å². The lowest BCUT2D eigenvalue weighted by atomic mass is 9.84. The zero-order valence-corrected chi connectivity index (χ0v) is 20.5. The standard InChI is InChI=1S/C28H33N7O/c1-3-15-30-28-33-25(19-26(34-28)35-16-7-8-17-35)32-24(18-21-9-5-4-6-10-21)27(36)31-20-22-11-13-23(29-2)14-12-22/h3,7-8,11-14,16-17,19,21,24H,1,4-6,9-10,15,18,20H2,(H,31,36)(H2,30,32,33,34). The molecule has 1 amide bonds. The van der Waals surface area contributed by atoms with Crippen LogP contribution in [0.25, 0.3) is 10.7 Å². The molecule has 0 bridgehead atoms. The summed E-state index contributed by atoms with van der Waals surface area (Å²) in [6.07, 6.45) is 12.3. The Morgan fingerprint density at radius 2 is 1.92 bits per heavy atom. The highest BCUT2D eigenvalue weighted by Crippen LogP contribution is 2.28. The minimum atomic E-state index is -0.421. The van der Waals surface area contributed by atoms with Gasteiger partial charge in [-0.15, -0.1) is 6.58 Å². The Balaban J connectivity index is 1.53. The topological polar surface area (TPSA) is 88.2 Å². The van der Waals surface area contributed by atoms with Crippen LogP contribution in [0.1, 0.15) is 44.1 Å². The zero-order valence-electron chi connectivity index (χ0n) is 20.5. The molecule has 3 N–H and O–H groups in total. The van der Waals surface area contributed by atoms with Crippen LogP contribution in [0.2, 0.25) is 0 Å². The molecule has 1 aliphatic rings. The molecule has 0 radical (unpaired) electrons. The first-order valence-electron chi connectivity index (χ1n) is 12.5. The van der Waals surface area contributed by atoms with Gasteiger partial charge in [0, 0.05) is 31.5 Å². The highest BCUT2D eigenvalue weighted by atomic mass is 16.2. The quantitative estimate of drug-likeness (QED) is 0.248. The summed E-state index contributed by atoms with van der Waals surface area (Å²) >= 11 is 0. The van der Waals surface area contributed by atoms with Crippen LogP contribution in [-0.4, -0.2) is 33.0 Å². The molecule has 2 heterocycles. The van der Waals surface area contributed by atoms with Gasteiger partial charge in [-0.25, -0.2) is 4.85 Å². The summed E-state index contributed by atoms with van der Waals surface area (Å²) in [6.45, 7) is 11.8. The van der Waals surface area contributed by atoms with Crippen LogP contribution in [0.3, 0.4) is 0 Å². The van der Waals surface area contributed by atoms with E-state index in [9.17, 15) is 4.79 Å².